The molecule has 0 radical (unpaired) electrons. The standard InChI is InChI=1S/C25H40O4/c1-2-3-4-5-6-7-8-9-10-11-12-13-17-20-24(23(27)21-26)29-25(28)22-18-15-14-16-19-22/h14-20,23-24,26-27H,2-13,21H2,1H3/b20-17+/t23-,24-/m1/s1. The number of aliphatic hydroxyl groups excluding tert-OH is 2. The molecule has 0 amide bonds. The highest BCUT2D eigenvalue weighted by molar-refractivity contribution is 5.89. The monoisotopic (exact) mass is 404 g/mol. The van der Waals surface area contributed by atoms with Crippen molar-refractivity contribution < 1.29 is 19.7 Å². The highest BCUT2D eigenvalue weighted by Crippen LogP contribution is 2.13. The van der Waals surface area contributed by atoms with Crippen LogP contribution in [0.4, 0.5) is 0 Å². The predicted octanol–water partition coefficient (Wildman–Crippen LogP) is 5.82. The maximum atomic E-state index is 12.2. The Balaban J connectivity index is 2.17. The van der Waals surface area contributed by atoms with E-state index in [1.807, 2.05) is 12.1 Å². The van der Waals surface area contributed by atoms with Gasteiger partial charge >= 0.3 is 5.97 Å². The van der Waals surface area contributed by atoms with Crippen molar-refractivity contribution >= 4 is 5.97 Å². The molecule has 2 N–H and O–H groups in total. The molecule has 164 valence electrons. The third-order valence-electron chi connectivity index (χ3n) is 5.12. The van der Waals surface area contributed by atoms with Gasteiger partial charge in [0.2, 0.25) is 0 Å². The average molecular weight is 405 g/mol. The first-order chi connectivity index (χ1) is 14.2. The van der Waals surface area contributed by atoms with Crippen LogP contribution in [0, 0.1) is 0 Å². The molecular weight excluding hydrogens is 364 g/mol. The zero-order chi connectivity index (χ0) is 21.2. The second-order valence-electron chi connectivity index (χ2n) is 7.74. The Labute approximate surface area is 177 Å². The van der Waals surface area contributed by atoms with Crippen LogP contribution in [-0.4, -0.2) is 35.0 Å². The molecule has 4 nitrogen and oxygen atoms in total. The first-order valence-corrected chi connectivity index (χ1v) is 11.4. The van der Waals surface area contributed by atoms with Crippen molar-refractivity contribution in [2.75, 3.05) is 6.61 Å². The number of carbonyl (C=O) groups is 1. The summed E-state index contributed by atoms with van der Waals surface area (Å²) in [7, 11) is 0. The molecule has 0 aliphatic heterocycles. The molecule has 1 aromatic rings. The predicted molar refractivity (Wildman–Crippen MR) is 119 cm³/mol. The van der Waals surface area contributed by atoms with Gasteiger partial charge in [0.15, 0.2) is 0 Å². The van der Waals surface area contributed by atoms with Crippen molar-refractivity contribution in [3.63, 3.8) is 0 Å². The number of unbranched alkanes of at least 4 members (excludes halogenated alkanes) is 11. The summed E-state index contributed by atoms with van der Waals surface area (Å²) >= 11 is 0. The Kier molecular flexibility index (Phi) is 15.1. The fourth-order valence-electron chi connectivity index (χ4n) is 3.27. The van der Waals surface area contributed by atoms with Crippen LogP contribution in [0.5, 0.6) is 0 Å². The smallest absolute Gasteiger partial charge is 0.338 e. The van der Waals surface area contributed by atoms with E-state index in [1.165, 1.54) is 64.2 Å². The van der Waals surface area contributed by atoms with E-state index >= 15 is 0 Å². The van der Waals surface area contributed by atoms with E-state index in [-0.39, 0.29) is 0 Å². The highest BCUT2D eigenvalue weighted by Gasteiger charge is 2.20. The SMILES string of the molecule is CCCCCCCCCCCCC/C=C/[C@@H](OC(=O)c1ccccc1)[C@H](O)CO. The minimum absolute atomic E-state index is 0.432. The number of carbonyl (C=O) groups excluding carboxylic acids is 1. The molecule has 0 unspecified atom stereocenters. The molecule has 0 saturated heterocycles. The fraction of sp³-hybridized carbons (Fsp3) is 0.640. The Bertz CT molecular complexity index is 541. The molecule has 29 heavy (non-hydrogen) atoms. The van der Waals surface area contributed by atoms with Crippen LogP contribution in [0.15, 0.2) is 42.5 Å². The van der Waals surface area contributed by atoms with Crippen molar-refractivity contribution in [1.82, 2.24) is 0 Å². The van der Waals surface area contributed by atoms with E-state index in [1.54, 1.807) is 30.3 Å². The van der Waals surface area contributed by atoms with E-state index in [4.69, 9.17) is 4.74 Å². The van der Waals surface area contributed by atoms with Crippen molar-refractivity contribution in [2.45, 2.75) is 96.2 Å². The number of esters is 1. The summed E-state index contributed by atoms with van der Waals surface area (Å²) in [6.45, 7) is 1.80. The van der Waals surface area contributed by atoms with E-state index < -0.39 is 24.8 Å². The number of hydrogen-bond donors (Lipinski definition) is 2. The fourth-order valence-corrected chi connectivity index (χ4v) is 3.27. The van der Waals surface area contributed by atoms with Crippen LogP contribution in [0.2, 0.25) is 0 Å². The molecule has 0 saturated carbocycles. The van der Waals surface area contributed by atoms with Crippen LogP contribution in [0.3, 0.4) is 0 Å². The van der Waals surface area contributed by atoms with Crippen molar-refractivity contribution in [1.29, 1.82) is 0 Å². The normalized spacial score (nSPS) is 13.5. The Morgan fingerprint density at radius 3 is 2.03 bits per heavy atom. The van der Waals surface area contributed by atoms with Gasteiger partial charge in [-0.05, 0) is 31.1 Å². The first-order valence-electron chi connectivity index (χ1n) is 11.4. The van der Waals surface area contributed by atoms with Gasteiger partial charge < -0.3 is 14.9 Å². The van der Waals surface area contributed by atoms with Crippen LogP contribution in [0.25, 0.3) is 0 Å². The molecule has 0 bridgehead atoms. The number of ether oxygens (including phenoxy) is 1. The second kappa shape index (κ2) is 17.2. The van der Waals surface area contributed by atoms with Gasteiger partial charge in [0.25, 0.3) is 0 Å². The third kappa shape index (κ3) is 12.5. The van der Waals surface area contributed by atoms with Gasteiger partial charge in [-0.15, -0.1) is 0 Å². The molecule has 0 spiro atoms. The Hall–Kier alpha value is -1.65. The maximum Gasteiger partial charge on any atom is 0.338 e. The summed E-state index contributed by atoms with van der Waals surface area (Å²) in [5.41, 5.74) is 0.432. The van der Waals surface area contributed by atoms with Gasteiger partial charge in [-0.3, -0.25) is 0 Å². The van der Waals surface area contributed by atoms with Gasteiger partial charge in [-0.1, -0.05) is 95.4 Å². The lowest BCUT2D eigenvalue weighted by atomic mass is 10.0. The lowest BCUT2D eigenvalue weighted by Crippen LogP contribution is -2.32. The molecule has 1 rings (SSSR count). The van der Waals surface area contributed by atoms with Gasteiger partial charge in [0.05, 0.1) is 12.2 Å². The minimum atomic E-state index is -1.11. The topological polar surface area (TPSA) is 66.8 Å². The number of allylic oxidation sites excluding steroid dienone is 1. The molecule has 0 aliphatic rings. The van der Waals surface area contributed by atoms with Gasteiger partial charge in [0, 0.05) is 0 Å². The third-order valence-corrected chi connectivity index (χ3v) is 5.12. The molecular formula is C25H40O4. The number of hydrogen-bond acceptors (Lipinski definition) is 4. The summed E-state index contributed by atoms with van der Waals surface area (Å²) in [5.74, 6) is -0.498. The van der Waals surface area contributed by atoms with E-state index in [9.17, 15) is 15.0 Å². The lowest BCUT2D eigenvalue weighted by Gasteiger charge is -2.18. The molecule has 1 aromatic carbocycles. The zero-order valence-electron chi connectivity index (χ0n) is 18.1. The molecule has 0 aliphatic carbocycles. The molecule has 4 heteroatoms. The van der Waals surface area contributed by atoms with Crippen molar-refractivity contribution in [3.05, 3.63) is 48.0 Å². The van der Waals surface area contributed by atoms with Gasteiger partial charge in [-0.2, -0.15) is 0 Å². The van der Waals surface area contributed by atoms with Crippen molar-refractivity contribution in [3.8, 4) is 0 Å². The lowest BCUT2D eigenvalue weighted by molar-refractivity contribution is -0.0185. The van der Waals surface area contributed by atoms with E-state index in [0.717, 1.165) is 12.8 Å². The highest BCUT2D eigenvalue weighted by atomic mass is 16.6. The second-order valence-corrected chi connectivity index (χ2v) is 7.74. The Morgan fingerprint density at radius 2 is 1.48 bits per heavy atom. The van der Waals surface area contributed by atoms with Crippen LogP contribution in [-0.2, 0) is 4.74 Å². The van der Waals surface area contributed by atoms with E-state index in [2.05, 4.69) is 6.92 Å². The number of aliphatic hydroxyl groups is 2. The van der Waals surface area contributed by atoms with Crippen LogP contribution < -0.4 is 0 Å². The van der Waals surface area contributed by atoms with E-state index in [0.29, 0.717) is 5.56 Å². The molecule has 0 fully saturated rings. The largest absolute Gasteiger partial charge is 0.452 e. The quantitative estimate of drug-likeness (QED) is 0.195. The molecule has 0 heterocycles. The number of benzene rings is 1. The zero-order valence-corrected chi connectivity index (χ0v) is 18.1. The van der Waals surface area contributed by atoms with Gasteiger partial charge in [-0.25, -0.2) is 4.79 Å². The summed E-state index contributed by atoms with van der Waals surface area (Å²) in [6.07, 6.45) is 16.9. The molecule has 2 atom stereocenters. The summed E-state index contributed by atoms with van der Waals surface area (Å²) < 4.78 is 5.36. The summed E-state index contributed by atoms with van der Waals surface area (Å²) in [6, 6.07) is 8.68. The Morgan fingerprint density at radius 1 is 0.931 bits per heavy atom. The summed E-state index contributed by atoms with van der Waals surface area (Å²) in [4.78, 5) is 12.2. The molecule has 0 aromatic heterocycles. The van der Waals surface area contributed by atoms with Crippen molar-refractivity contribution in [2.24, 2.45) is 0 Å². The average Bonchev–Trinajstić information content (AvgIpc) is 2.76. The minimum Gasteiger partial charge on any atom is -0.452 e. The number of rotatable bonds is 17. The first kappa shape index (κ1) is 25.4. The summed E-state index contributed by atoms with van der Waals surface area (Å²) in [5, 5.41) is 19.1. The maximum absolute atomic E-state index is 12.2. The van der Waals surface area contributed by atoms with Crippen LogP contribution >= 0.6 is 0 Å². The van der Waals surface area contributed by atoms with Crippen LogP contribution in [0.1, 0.15) is 94.3 Å². The van der Waals surface area contributed by atoms with Gasteiger partial charge in [0.1, 0.15) is 12.2 Å².